The Labute approximate surface area is 349 Å². The summed E-state index contributed by atoms with van der Waals surface area (Å²) < 4.78 is 13.9. The van der Waals surface area contributed by atoms with Gasteiger partial charge >= 0.3 is 0 Å². The quantitative estimate of drug-likeness (QED) is 0.161. The first-order valence-corrected chi connectivity index (χ1v) is 20.9. The minimum atomic E-state index is 0.864. The molecular formula is C55H34N2O2S. The topological polar surface area (TPSA) is 42.4 Å². The molecule has 0 radical (unpaired) electrons. The van der Waals surface area contributed by atoms with Crippen LogP contribution in [0.5, 0.6) is 0 Å². The van der Waals surface area contributed by atoms with E-state index >= 15 is 0 Å². The van der Waals surface area contributed by atoms with E-state index in [0.29, 0.717) is 0 Å². The minimum Gasteiger partial charge on any atom is -0.456 e. The standard InChI is InChI=1S/C55H34N2O2S/c1-3-13-35(14-4-1)36-25-29-40(30-26-36)57(42-18-11-17-39(33-42)43-21-12-24-49-51(43)44-19-7-9-22-47(44)58-49)41-31-27-37(28-32-41)46-34-50-52(45-20-8-10-23-48(45)59-50)54-53(46)56-55(60-54)38-15-5-2-6-16-38/h1-34H. The van der Waals surface area contributed by atoms with Gasteiger partial charge in [-0.25, -0.2) is 4.98 Å². The highest BCUT2D eigenvalue weighted by atomic mass is 32.1. The SMILES string of the molecule is c1ccc(-c2ccc(N(c3ccc(-c4cc5oc6ccccc6c5c5sc(-c6ccccc6)nc45)cc3)c3cccc(-c4cccc5oc6ccccc6c45)c3)cc2)cc1. The summed E-state index contributed by atoms with van der Waals surface area (Å²) in [7, 11) is 0. The molecule has 5 heteroatoms. The molecule has 12 aromatic rings. The summed E-state index contributed by atoms with van der Waals surface area (Å²) in [5, 5.41) is 5.45. The van der Waals surface area contributed by atoms with E-state index in [2.05, 4.69) is 181 Å². The van der Waals surface area contributed by atoms with Crippen LogP contribution in [-0.2, 0) is 0 Å². The van der Waals surface area contributed by atoms with Gasteiger partial charge in [-0.1, -0.05) is 146 Å². The van der Waals surface area contributed by atoms with Crippen molar-refractivity contribution in [2.75, 3.05) is 4.90 Å². The third kappa shape index (κ3) is 5.70. The number of rotatable bonds is 7. The van der Waals surface area contributed by atoms with Gasteiger partial charge in [0.15, 0.2) is 0 Å². The first-order valence-electron chi connectivity index (χ1n) is 20.1. The number of anilines is 3. The number of para-hydroxylation sites is 2. The zero-order valence-corrected chi connectivity index (χ0v) is 33.1. The van der Waals surface area contributed by atoms with E-state index in [1.54, 1.807) is 11.3 Å². The molecule has 3 heterocycles. The van der Waals surface area contributed by atoms with Gasteiger partial charge in [0.2, 0.25) is 0 Å². The highest BCUT2D eigenvalue weighted by Crippen LogP contribution is 2.46. The maximum absolute atomic E-state index is 6.51. The third-order valence-corrected chi connectivity index (χ3v) is 12.6. The zero-order valence-electron chi connectivity index (χ0n) is 32.2. The molecule has 12 rings (SSSR count). The average molecular weight is 787 g/mol. The van der Waals surface area contributed by atoms with Crippen molar-refractivity contribution in [3.05, 3.63) is 206 Å². The summed E-state index contributed by atoms with van der Waals surface area (Å²) in [4.78, 5) is 7.65. The first kappa shape index (κ1) is 34.3. The van der Waals surface area contributed by atoms with E-state index in [9.17, 15) is 0 Å². The summed E-state index contributed by atoms with van der Waals surface area (Å²) in [5.41, 5.74) is 15.5. The smallest absolute Gasteiger partial charge is 0.137 e. The molecule has 282 valence electrons. The lowest BCUT2D eigenvalue weighted by Crippen LogP contribution is -2.10. The molecule has 3 aromatic heterocycles. The zero-order chi connectivity index (χ0) is 39.6. The fourth-order valence-corrected chi connectivity index (χ4v) is 9.84. The van der Waals surface area contributed by atoms with Crippen LogP contribution in [0.25, 0.3) is 98.0 Å². The van der Waals surface area contributed by atoms with Crippen molar-refractivity contribution >= 4 is 82.5 Å². The van der Waals surface area contributed by atoms with Crippen molar-refractivity contribution in [2.45, 2.75) is 0 Å². The fraction of sp³-hybridized carbons (Fsp3) is 0. The van der Waals surface area contributed by atoms with E-state index in [4.69, 9.17) is 13.8 Å². The van der Waals surface area contributed by atoms with Gasteiger partial charge in [-0.05, 0) is 88.5 Å². The van der Waals surface area contributed by atoms with Gasteiger partial charge < -0.3 is 13.7 Å². The van der Waals surface area contributed by atoms with E-state index in [1.165, 1.54) is 11.1 Å². The van der Waals surface area contributed by atoms with Gasteiger partial charge in [0, 0.05) is 49.7 Å². The molecule has 0 amide bonds. The Balaban J connectivity index is 1.01. The lowest BCUT2D eigenvalue weighted by atomic mass is 9.98. The van der Waals surface area contributed by atoms with E-state index in [1.807, 2.05) is 30.3 Å². The Bertz CT molecular complexity index is 3530. The van der Waals surface area contributed by atoms with Crippen LogP contribution in [0.2, 0.25) is 0 Å². The molecule has 9 aromatic carbocycles. The largest absolute Gasteiger partial charge is 0.456 e. The third-order valence-electron chi connectivity index (χ3n) is 11.5. The second-order valence-electron chi connectivity index (χ2n) is 15.1. The van der Waals surface area contributed by atoms with Gasteiger partial charge in [-0.3, -0.25) is 0 Å². The van der Waals surface area contributed by atoms with Crippen molar-refractivity contribution in [3.63, 3.8) is 0 Å². The van der Waals surface area contributed by atoms with Crippen LogP contribution < -0.4 is 4.90 Å². The van der Waals surface area contributed by atoms with Gasteiger partial charge in [-0.2, -0.15) is 0 Å². The fourth-order valence-electron chi connectivity index (χ4n) is 8.69. The lowest BCUT2D eigenvalue weighted by molar-refractivity contribution is 0.669. The van der Waals surface area contributed by atoms with Crippen LogP contribution in [0, 0.1) is 0 Å². The molecule has 4 nitrogen and oxygen atoms in total. The Kier molecular flexibility index (Phi) is 8.00. The van der Waals surface area contributed by atoms with Crippen LogP contribution in [0.3, 0.4) is 0 Å². The van der Waals surface area contributed by atoms with Crippen LogP contribution in [0.1, 0.15) is 0 Å². The van der Waals surface area contributed by atoms with Crippen molar-refractivity contribution < 1.29 is 8.83 Å². The number of hydrogen-bond acceptors (Lipinski definition) is 5. The number of fused-ring (bicyclic) bond motifs is 8. The summed E-state index contributed by atoms with van der Waals surface area (Å²) in [6, 6.07) is 72.6. The van der Waals surface area contributed by atoms with Crippen molar-refractivity contribution in [1.82, 2.24) is 4.98 Å². The summed E-state index contributed by atoms with van der Waals surface area (Å²) >= 11 is 1.73. The number of thiazole rings is 1. The normalized spacial score (nSPS) is 11.7. The number of nitrogens with zero attached hydrogens (tertiary/aromatic N) is 2. The highest BCUT2D eigenvalue weighted by molar-refractivity contribution is 7.22. The highest BCUT2D eigenvalue weighted by Gasteiger charge is 2.21. The lowest BCUT2D eigenvalue weighted by Gasteiger charge is -2.26. The average Bonchev–Trinajstić information content (AvgIpc) is 4.04. The Hall–Kier alpha value is -7.73. The number of aromatic nitrogens is 1. The van der Waals surface area contributed by atoms with Gasteiger partial charge in [-0.15, -0.1) is 11.3 Å². The summed E-state index contributed by atoms with van der Waals surface area (Å²) in [6.45, 7) is 0. The predicted molar refractivity (Wildman–Crippen MR) is 251 cm³/mol. The molecule has 0 bridgehead atoms. The number of benzene rings is 9. The second kappa shape index (κ2) is 14.0. The maximum atomic E-state index is 6.51. The van der Waals surface area contributed by atoms with Crippen LogP contribution in [-0.4, -0.2) is 4.98 Å². The first-order chi connectivity index (χ1) is 29.7. The maximum Gasteiger partial charge on any atom is 0.137 e. The van der Waals surface area contributed by atoms with Gasteiger partial charge in [0.25, 0.3) is 0 Å². The molecule has 0 N–H and O–H groups in total. The molecule has 0 aliphatic heterocycles. The number of furan rings is 2. The van der Waals surface area contributed by atoms with Crippen molar-refractivity contribution in [2.24, 2.45) is 0 Å². The Morgan fingerprint density at radius 3 is 1.63 bits per heavy atom. The monoisotopic (exact) mass is 786 g/mol. The minimum absolute atomic E-state index is 0.864. The predicted octanol–water partition coefficient (Wildman–Crippen LogP) is 16.2. The molecule has 0 unspecified atom stereocenters. The van der Waals surface area contributed by atoms with Crippen LogP contribution in [0.15, 0.2) is 215 Å². The second-order valence-corrected chi connectivity index (χ2v) is 16.1. The van der Waals surface area contributed by atoms with E-state index in [-0.39, 0.29) is 0 Å². The molecular weight excluding hydrogens is 753 g/mol. The van der Waals surface area contributed by atoms with E-state index in [0.717, 1.165) is 104 Å². The number of hydrogen-bond donors (Lipinski definition) is 0. The van der Waals surface area contributed by atoms with Crippen LogP contribution >= 0.6 is 11.3 Å². The molecule has 0 spiro atoms. The molecule has 0 fully saturated rings. The Morgan fingerprint density at radius 1 is 0.367 bits per heavy atom. The van der Waals surface area contributed by atoms with Crippen molar-refractivity contribution in [3.8, 4) is 44.0 Å². The van der Waals surface area contributed by atoms with Gasteiger partial charge in [0.1, 0.15) is 27.3 Å². The van der Waals surface area contributed by atoms with E-state index < -0.39 is 0 Å². The molecule has 0 saturated heterocycles. The molecule has 0 aliphatic rings. The molecule has 0 saturated carbocycles. The van der Waals surface area contributed by atoms with Crippen molar-refractivity contribution in [1.29, 1.82) is 0 Å². The summed E-state index contributed by atoms with van der Waals surface area (Å²) in [5.74, 6) is 0. The molecule has 0 atom stereocenters. The summed E-state index contributed by atoms with van der Waals surface area (Å²) in [6.07, 6.45) is 0. The van der Waals surface area contributed by atoms with Gasteiger partial charge in [0.05, 0.1) is 10.2 Å². The Morgan fingerprint density at radius 2 is 0.917 bits per heavy atom. The molecule has 60 heavy (non-hydrogen) atoms. The molecule has 0 aliphatic carbocycles. The van der Waals surface area contributed by atoms with Crippen LogP contribution in [0.4, 0.5) is 17.1 Å².